The lowest BCUT2D eigenvalue weighted by molar-refractivity contribution is -0.349. The zero-order chi connectivity index (χ0) is 40.8. The van der Waals surface area contributed by atoms with Gasteiger partial charge in [0.25, 0.3) is 0 Å². The van der Waals surface area contributed by atoms with Crippen molar-refractivity contribution in [2.45, 2.75) is 49.0 Å². The number of ether oxygens (including phenoxy) is 2. The molecule has 0 amide bonds. The van der Waals surface area contributed by atoms with Gasteiger partial charge in [-0.1, -0.05) is 23.2 Å². The number of aromatic nitrogens is 4. The maximum Gasteiger partial charge on any atom is 0.573 e. The Bertz CT molecular complexity index is 1820. The molecule has 0 unspecified atom stereocenters. The molecule has 0 saturated heterocycles. The Hall–Kier alpha value is -4.29. The van der Waals surface area contributed by atoms with E-state index in [1.165, 1.54) is 12.1 Å². The highest BCUT2D eigenvalue weighted by atomic mass is 35.5. The molecule has 4 rings (SSSR count). The highest BCUT2D eigenvalue weighted by molar-refractivity contribution is 6.33. The second-order valence-corrected chi connectivity index (χ2v) is 10.6. The number of hydrogen-bond acceptors (Lipinski definition) is 4. The third kappa shape index (κ3) is 8.75. The SMILES string of the molecule is FC(F)(F)Oc1cc(C(F)(C(F)(F)F)C(F)(F)F)cc(Cl)c1-n1cccn1.FC(F)Oc1cc(C(F)(C(F)(F)F)C(F)(F)F)cc(Cl)c1-n1cccn1. The van der Waals surface area contributed by atoms with E-state index >= 15 is 0 Å². The first kappa shape index (κ1) is 43.1. The van der Waals surface area contributed by atoms with Gasteiger partial charge in [-0.05, 0) is 36.4 Å². The van der Waals surface area contributed by atoms with E-state index in [1.54, 1.807) is 0 Å². The third-order valence-corrected chi connectivity index (χ3v) is 6.90. The van der Waals surface area contributed by atoms with Crippen LogP contribution in [-0.2, 0) is 11.3 Å². The fourth-order valence-electron chi connectivity index (χ4n) is 4.16. The summed E-state index contributed by atoms with van der Waals surface area (Å²) in [5.41, 5.74) is -17.6. The maximum absolute atomic E-state index is 14.1. The first-order chi connectivity index (χ1) is 23.9. The maximum atomic E-state index is 14.1. The second-order valence-electron chi connectivity index (χ2n) is 9.75. The summed E-state index contributed by atoms with van der Waals surface area (Å²) in [5, 5.41) is 5.04. The normalized spacial score (nSPS) is 13.5. The molecule has 0 radical (unpaired) electrons. The number of benzene rings is 2. The van der Waals surface area contributed by atoms with Crippen LogP contribution in [0.2, 0.25) is 10.0 Å². The van der Waals surface area contributed by atoms with Crippen LogP contribution >= 0.6 is 23.2 Å². The van der Waals surface area contributed by atoms with Crippen LogP contribution in [0, 0.1) is 0 Å². The molecule has 0 bridgehead atoms. The van der Waals surface area contributed by atoms with Crippen molar-refractivity contribution < 1.29 is 92.9 Å². The van der Waals surface area contributed by atoms with Gasteiger partial charge < -0.3 is 9.47 Å². The topological polar surface area (TPSA) is 54.1 Å². The van der Waals surface area contributed by atoms with Crippen LogP contribution in [0.25, 0.3) is 11.4 Å². The molecular formula is C26H11Cl2F19N4O2. The van der Waals surface area contributed by atoms with Crippen LogP contribution in [0.4, 0.5) is 83.4 Å². The third-order valence-electron chi connectivity index (χ3n) is 6.32. The molecule has 6 nitrogen and oxygen atoms in total. The van der Waals surface area contributed by atoms with Crippen LogP contribution in [0.5, 0.6) is 11.5 Å². The van der Waals surface area contributed by atoms with Gasteiger partial charge in [-0.15, -0.1) is 13.2 Å². The van der Waals surface area contributed by atoms with Gasteiger partial charge in [0.2, 0.25) is 0 Å². The van der Waals surface area contributed by atoms with E-state index in [0.717, 1.165) is 29.5 Å². The van der Waals surface area contributed by atoms with Crippen molar-refractivity contribution >= 4 is 23.2 Å². The fraction of sp³-hybridized carbons (Fsp3) is 0.308. The van der Waals surface area contributed by atoms with Crippen molar-refractivity contribution in [3.8, 4) is 22.9 Å². The van der Waals surface area contributed by atoms with Gasteiger partial charge in [0.1, 0.15) is 11.4 Å². The lowest BCUT2D eigenvalue weighted by Gasteiger charge is -2.31. The van der Waals surface area contributed by atoms with Crippen LogP contribution in [0.1, 0.15) is 11.1 Å². The second kappa shape index (κ2) is 14.5. The van der Waals surface area contributed by atoms with Crippen molar-refractivity contribution in [3.05, 3.63) is 82.4 Å². The number of halogens is 21. The molecule has 0 N–H and O–H groups in total. The molecule has 2 aromatic heterocycles. The zero-order valence-electron chi connectivity index (χ0n) is 24.4. The van der Waals surface area contributed by atoms with E-state index in [9.17, 15) is 83.4 Å². The smallest absolute Gasteiger partial charge is 0.432 e. The molecule has 53 heavy (non-hydrogen) atoms. The Morgan fingerprint density at radius 1 is 0.528 bits per heavy atom. The Morgan fingerprint density at radius 2 is 0.868 bits per heavy atom. The average Bonchev–Trinajstić information content (AvgIpc) is 3.68. The predicted octanol–water partition coefficient (Wildman–Crippen LogP) is 11.1. The molecule has 4 aromatic rings. The molecule has 0 aliphatic carbocycles. The van der Waals surface area contributed by atoms with Crippen LogP contribution < -0.4 is 9.47 Å². The first-order valence-corrected chi connectivity index (χ1v) is 13.7. The van der Waals surface area contributed by atoms with E-state index in [4.69, 9.17) is 23.2 Å². The summed E-state index contributed by atoms with van der Waals surface area (Å²) in [5.74, 6) is -2.83. The van der Waals surface area contributed by atoms with E-state index in [2.05, 4.69) is 19.7 Å². The molecule has 0 saturated carbocycles. The molecule has 0 atom stereocenters. The predicted molar refractivity (Wildman–Crippen MR) is 140 cm³/mol. The number of nitrogens with zero attached hydrogens (tertiary/aromatic N) is 4. The minimum absolute atomic E-state index is 0.0257. The largest absolute Gasteiger partial charge is 0.573 e. The monoisotopic (exact) mass is 842 g/mol. The average molecular weight is 843 g/mol. The van der Waals surface area contributed by atoms with E-state index in [0.29, 0.717) is 4.68 Å². The fourth-order valence-corrected chi connectivity index (χ4v) is 4.75. The van der Waals surface area contributed by atoms with Gasteiger partial charge in [0, 0.05) is 35.9 Å². The lowest BCUT2D eigenvalue weighted by Crippen LogP contribution is -2.50. The molecule has 0 aliphatic rings. The lowest BCUT2D eigenvalue weighted by atomic mass is 9.93. The van der Waals surface area contributed by atoms with Gasteiger partial charge >= 0.3 is 49.0 Å². The zero-order valence-corrected chi connectivity index (χ0v) is 25.9. The van der Waals surface area contributed by atoms with Crippen LogP contribution in [-0.4, -0.2) is 57.2 Å². The summed E-state index contributed by atoms with van der Waals surface area (Å²) < 4.78 is 254. The quantitative estimate of drug-likeness (QED) is 0.174. The number of alkyl halides is 19. The summed E-state index contributed by atoms with van der Waals surface area (Å²) in [6.07, 6.45) is -27.2. The Balaban J connectivity index is 0.000000286. The molecular weight excluding hydrogens is 832 g/mol. The van der Waals surface area contributed by atoms with E-state index < -0.39 is 93.1 Å². The van der Waals surface area contributed by atoms with Crippen molar-refractivity contribution in [3.63, 3.8) is 0 Å². The van der Waals surface area contributed by atoms with Gasteiger partial charge in [0.15, 0.2) is 11.5 Å². The summed E-state index contributed by atoms with van der Waals surface area (Å²) in [7, 11) is 0. The Kier molecular flexibility index (Phi) is 11.8. The van der Waals surface area contributed by atoms with Gasteiger partial charge in [-0.2, -0.15) is 71.7 Å². The first-order valence-electron chi connectivity index (χ1n) is 12.9. The van der Waals surface area contributed by atoms with Gasteiger partial charge in [0.05, 0.1) is 10.0 Å². The van der Waals surface area contributed by atoms with Crippen molar-refractivity contribution in [2.24, 2.45) is 0 Å². The van der Waals surface area contributed by atoms with Gasteiger partial charge in [-0.3, -0.25) is 0 Å². The van der Waals surface area contributed by atoms with Crippen LogP contribution in [0.3, 0.4) is 0 Å². The molecule has 0 fully saturated rings. The summed E-state index contributed by atoms with van der Waals surface area (Å²) in [6, 6.07) is 1.85. The summed E-state index contributed by atoms with van der Waals surface area (Å²) >= 11 is 11.2. The molecule has 294 valence electrons. The molecule has 0 aliphatic heterocycles. The summed E-state index contributed by atoms with van der Waals surface area (Å²) in [6.45, 7) is -3.64. The minimum atomic E-state index is -6.54. The van der Waals surface area contributed by atoms with E-state index in [1.807, 2.05) is 0 Å². The molecule has 2 heterocycles. The van der Waals surface area contributed by atoms with E-state index in [-0.39, 0.29) is 24.3 Å². The minimum Gasteiger partial charge on any atom is -0.432 e. The highest BCUT2D eigenvalue weighted by Gasteiger charge is 2.74. The Labute approximate surface area is 290 Å². The number of hydrogen-bond donors (Lipinski definition) is 0. The van der Waals surface area contributed by atoms with Gasteiger partial charge in [-0.25, -0.2) is 18.1 Å². The van der Waals surface area contributed by atoms with Crippen molar-refractivity contribution in [1.82, 2.24) is 19.6 Å². The number of rotatable bonds is 7. The van der Waals surface area contributed by atoms with Crippen molar-refractivity contribution in [2.75, 3.05) is 0 Å². The molecule has 2 aromatic carbocycles. The molecule has 27 heteroatoms. The molecule has 0 spiro atoms. The highest BCUT2D eigenvalue weighted by Crippen LogP contribution is 2.56. The Morgan fingerprint density at radius 3 is 1.15 bits per heavy atom. The van der Waals surface area contributed by atoms with Crippen molar-refractivity contribution in [1.29, 1.82) is 0 Å². The standard InChI is InChI=1S/C13H5ClF10N2O.C13H6ClF9N2O/c14-7-4-6(10(15,11(16,17)18)12(19,20)21)5-8(27-13(22,23)24)9(7)26-3-1-2-25-26;14-7-4-6(11(17,12(18,19)20)13(21,22)23)5-8(26-10(15)16)9(7)25-3-1-2-24-25/h1-5H;1-5,10H. The van der Waals surface area contributed by atoms with Crippen LogP contribution in [0.15, 0.2) is 61.2 Å². The summed E-state index contributed by atoms with van der Waals surface area (Å²) in [4.78, 5) is 0.